The maximum Gasteiger partial charge on any atom is 0.410 e. The number of amides is 3. The molecule has 10 heteroatoms. The van der Waals surface area contributed by atoms with Crippen molar-refractivity contribution in [1.82, 2.24) is 25.1 Å². The highest BCUT2D eigenvalue weighted by Crippen LogP contribution is 2.38. The van der Waals surface area contributed by atoms with Gasteiger partial charge >= 0.3 is 12.1 Å². The molecule has 3 aliphatic heterocycles. The van der Waals surface area contributed by atoms with Crippen LogP contribution in [0.5, 0.6) is 0 Å². The minimum Gasteiger partial charge on any atom is -0.444 e. The van der Waals surface area contributed by atoms with Gasteiger partial charge in [-0.2, -0.15) is 5.06 Å². The van der Waals surface area contributed by atoms with Crippen LogP contribution in [-0.2, 0) is 16.0 Å². The number of carbonyl (C=O) groups excluding carboxylic acids is 2. The molecule has 2 atom stereocenters. The first-order chi connectivity index (χ1) is 15.7. The van der Waals surface area contributed by atoms with E-state index in [0.717, 1.165) is 51.6 Å². The van der Waals surface area contributed by atoms with E-state index in [-0.39, 0.29) is 24.2 Å². The third-order valence-corrected chi connectivity index (χ3v) is 6.43. The Hall–Kier alpha value is -2.36. The maximum absolute atomic E-state index is 12.8. The number of likely N-dealkylation sites (tertiary alicyclic amines) is 1. The Kier molecular flexibility index (Phi) is 7.11. The summed E-state index contributed by atoms with van der Waals surface area (Å²) in [6, 6.07) is -0.169. The molecule has 3 saturated heterocycles. The Morgan fingerprint density at radius 1 is 1.15 bits per heavy atom. The van der Waals surface area contributed by atoms with Crippen molar-refractivity contribution in [2.75, 3.05) is 26.2 Å². The fourth-order valence-electron chi connectivity index (χ4n) is 4.63. The third-order valence-electron chi connectivity index (χ3n) is 6.43. The van der Waals surface area contributed by atoms with Gasteiger partial charge in [-0.25, -0.2) is 9.59 Å². The summed E-state index contributed by atoms with van der Waals surface area (Å²) in [6.07, 6.45) is 6.02. The number of urea groups is 1. The van der Waals surface area contributed by atoms with Crippen molar-refractivity contribution in [3.05, 3.63) is 11.8 Å². The highest BCUT2D eigenvalue weighted by Gasteiger charge is 2.47. The molecule has 10 nitrogen and oxygen atoms in total. The van der Waals surface area contributed by atoms with Gasteiger partial charge in [-0.15, -0.1) is 10.2 Å². The van der Waals surface area contributed by atoms with Crippen molar-refractivity contribution >= 4 is 12.1 Å². The second-order valence-corrected chi connectivity index (χ2v) is 10.4. The van der Waals surface area contributed by atoms with Crippen LogP contribution in [0, 0.1) is 5.92 Å². The lowest BCUT2D eigenvalue weighted by Gasteiger charge is -2.39. The smallest absolute Gasteiger partial charge is 0.410 e. The van der Waals surface area contributed by atoms with E-state index in [1.165, 1.54) is 0 Å². The third kappa shape index (κ3) is 5.59. The second-order valence-electron chi connectivity index (χ2n) is 10.4. The molecule has 0 spiro atoms. The fraction of sp³-hybridized carbons (Fsp3) is 0.826. The molecule has 0 radical (unpaired) electrons. The molecule has 0 aliphatic carbocycles. The molecule has 0 unspecified atom stereocenters. The molecule has 3 aliphatic rings. The van der Waals surface area contributed by atoms with Crippen molar-refractivity contribution < 1.29 is 23.6 Å². The second kappa shape index (κ2) is 9.87. The van der Waals surface area contributed by atoms with Crippen LogP contribution in [0.1, 0.15) is 84.0 Å². The van der Waals surface area contributed by atoms with Gasteiger partial charge in [0, 0.05) is 26.1 Å². The molecule has 2 bridgehead atoms. The summed E-state index contributed by atoms with van der Waals surface area (Å²) in [5.74, 6) is 1.61. The van der Waals surface area contributed by atoms with Crippen LogP contribution < -0.4 is 0 Å². The molecule has 1 aromatic heterocycles. The summed E-state index contributed by atoms with van der Waals surface area (Å²) in [5, 5.41) is 10.0. The number of fused-ring (bicyclic) bond motifs is 2. The summed E-state index contributed by atoms with van der Waals surface area (Å²) in [4.78, 5) is 34.1. The molecule has 4 rings (SSSR count). The number of hydrogen-bond donors (Lipinski definition) is 0. The maximum atomic E-state index is 12.8. The Balaban J connectivity index is 1.20. The summed E-state index contributed by atoms with van der Waals surface area (Å²) >= 11 is 0. The average Bonchev–Trinajstić information content (AvgIpc) is 3.27. The van der Waals surface area contributed by atoms with E-state index in [4.69, 9.17) is 14.0 Å². The van der Waals surface area contributed by atoms with Gasteiger partial charge in [0.15, 0.2) is 0 Å². The lowest BCUT2D eigenvalue weighted by atomic mass is 9.94. The molecule has 3 fully saturated rings. The normalized spacial score (nSPS) is 23.3. The lowest BCUT2D eigenvalue weighted by Crippen LogP contribution is -2.51. The Labute approximate surface area is 195 Å². The van der Waals surface area contributed by atoms with E-state index in [9.17, 15) is 9.59 Å². The van der Waals surface area contributed by atoms with Crippen LogP contribution in [0.25, 0.3) is 0 Å². The van der Waals surface area contributed by atoms with Crippen molar-refractivity contribution in [1.29, 1.82) is 0 Å². The Morgan fingerprint density at radius 2 is 1.94 bits per heavy atom. The first-order valence-electron chi connectivity index (χ1n) is 12.3. The Bertz CT molecular complexity index is 831. The van der Waals surface area contributed by atoms with Gasteiger partial charge in [-0.3, -0.25) is 4.84 Å². The van der Waals surface area contributed by atoms with Crippen LogP contribution in [0.15, 0.2) is 4.42 Å². The number of aryl methyl sites for hydroxylation is 1. The summed E-state index contributed by atoms with van der Waals surface area (Å²) in [7, 11) is 0. The summed E-state index contributed by atoms with van der Waals surface area (Å²) < 4.78 is 11.3. The summed E-state index contributed by atoms with van der Waals surface area (Å²) in [5.41, 5.74) is -0.461. The van der Waals surface area contributed by atoms with Crippen molar-refractivity contribution in [2.24, 2.45) is 5.92 Å². The van der Waals surface area contributed by atoms with Crippen LogP contribution >= 0.6 is 0 Å². The molecular weight excluding hydrogens is 426 g/mol. The zero-order valence-electron chi connectivity index (χ0n) is 20.3. The van der Waals surface area contributed by atoms with Crippen LogP contribution in [0.3, 0.4) is 0 Å². The van der Waals surface area contributed by atoms with Crippen LogP contribution in [-0.4, -0.2) is 75.1 Å². The van der Waals surface area contributed by atoms with Gasteiger partial charge in [0.1, 0.15) is 11.6 Å². The topological polar surface area (TPSA) is 101 Å². The fourth-order valence-corrected chi connectivity index (χ4v) is 4.63. The minimum absolute atomic E-state index is 0.0992. The average molecular weight is 464 g/mol. The van der Waals surface area contributed by atoms with E-state index in [1.54, 1.807) is 14.9 Å². The highest BCUT2D eigenvalue weighted by atomic mass is 16.7. The number of nitrogens with zero attached hydrogens (tertiary/aromatic N) is 5. The minimum atomic E-state index is -0.461. The molecule has 1 aromatic rings. The van der Waals surface area contributed by atoms with Crippen molar-refractivity contribution in [3.63, 3.8) is 0 Å². The predicted octanol–water partition coefficient (Wildman–Crippen LogP) is 3.93. The van der Waals surface area contributed by atoms with E-state index >= 15 is 0 Å². The molecular formula is C23H37N5O5. The standard InChI is InChI=1S/C23H37N5O5/c1-5-6-12-31-28-17-10-11-18(27(15-17)21(28)29)20-25-24-19(32-20)9-7-8-16-13-26(14-16)22(30)33-23(2,3)4/h16-18H,5-15H2,1-4H3/t17-,18-/m0/s1. The van der Waals surface area contributed by atoms with Gasteiger partial charge in [0.05, 0.1) is 12.6 Å². The quantitative estimate of drug-likeness (QED) is 0.511. The van der Waals surface area contributed by atoms with E-state index in [1.807, 2.05) is 20.8 Å². The monoisotopic (exact) mass is 463 g/mol. The number of aromatic nitrogens is 2. The van der Waals surface area contributed by atoms with Gasteiger partial charge in [-0.1, -0.05) is 13.3 Å². The zero-order valence-corrected chi connectivity index (χ0v) is 20.3. The summed E-state index contributed by atoms with van der Waals surface area (Å²) in [6.45, 7) is 10.4. The zero-order chi connectivity index (χ0) is 23.6. The number of rotatable bonds is 9. The SMILES string of the molecule is CCCCON1C(=O)N2C[C@@H]1CC[C@H]2c1nnc(CCCC2CN(C(=O)OC(C)(C)C)C2)o1. The number of carbonyl (C=O) groups is 2. The van der Waals surface area contributed by atoms with E-state index < -0.39 is 5.60 Å². The Morgan fingerprint density at radius 3 is 2.67 bits per heavy atom. The van der Waals surface area contributed by atoms with Gasteiger partial charge in [0.2, 0.25) is 11.8 Å². The van der Waals surface area contributed by atoms with Gasteiger partial charge in [0.25, 0.3) is 0 Å². The lowest BCUT2D eigenvalue weighted by molar-refractivity contribution is -0.130. The molecule has 0 saturated carbocycles. The van der Waals surface area contributed by atoms with Crippen LogP contribution in [0.2, 0.25) is 0 Å². The van der Waals surface area contributed by atoms with E-state index in [2.05, 4.69) is 17.1 Å². The predicted molar refractivity (Wildman–Crippen MR) is 119 cm³/mol. The van der Waals surface area contributed by atoms with Gasteiger partial charge < -0.3 is 19.0 Å². The van der Waals surface area contributed by atoms with Crippen molar-refractivity contribution in [2.45, 2.75) is 90.3 Å². The van der Waals surface area contributed by atoms with Crippen LogP contribution in [0.4, 0.5) is 9.59 Å². The molecule has 3 amide bonds. The largest absolute Gasteiger partial charge is 0.444 e. The first kappa shape index (κ1) is 23.8. The number of unbranched alkanes of at least 4 members (excludes halogenated alkanes) is 1. The number of ether oxygens (including phenoxy) is 1. The molecule has 33 heavy (non-hydrogen) atoms. The molecule has 4 heterocycles. The number of piperidine rings is 1. The highest BCUT2D eigenvalue weighted by molar-refractivity contribution is 5.77. The van der Waals surface area contributed by atoms with E-state index in [0.29, 0.717) is 37.3 Å². The molecule has 0 N–H and O–H groups in total. The van der Waals surface area contributed by atoms with Crippen molar-refractivity contribution in [3.8, 4) is 0 Å². The first-order valence-corrected chi connectivity index (χ1v) is 12.3. The molecule has 184 valence electrons. The number of hydrogen-bond acceptors (Lipinski definition) is 7. The molecule has 0 aromatic carbocycles. The number of hydroxylamine groups is 2. The van der Waals surface area contributed by atoms with Gasteiger partial charge in [-0.05, 0) is 58.8 Å².